The van der Waals surface area contributed by atoms with Gasteiger partial charge in [0.15, 0.2) is 5.76 Å². The summed E-state index contributed by atoms with van der Waals surface area (Å²) in [5.74, 6) is 0.312. The van der Waals surface area contributed by atoms with Crippen LogP contribution in [0.3, 0.4) is 0 Å². The monoisotopic (exact) mass is 276 g/mol. The first-order chi connectivity index (χ1) is 8.66. The van der Waals surface area contributed by atoms with E-state index in [4.69, 9.17) is 16.0 Å². The van der Waals surface area contributed by atoms with Crippen LogP contribution in [0.1, 0.15) is 21.7 Å². The number of carbonyl (C=O) groups is 1. The van der Waals surface area contributed by atoms with Crippen LogP contribution in [-0.4, -0.2) is 5.78 Å². The number of aryl methyl sites for hydroxylation is 1. The number of rotatable bonds is 2. The Bertz CT molecular complexity index is 726. The lowest BCUT2D eigenvalue weighted by Gasteiger charge is -1.94. The molecular formula is C14H9ClO2S. The van der Waals surface area contributed by atoms with E-state index in [0.717, 1.165) is 10.9 Å². The third-order valence-electron chi connectivity index (χ3n) is 2.89. The van der Waals surface area contributed by atoms with Gasteiger partial charge in [0.05, 0.1) is 0 Å². The summed E-state index contributed by atoms with van der Waals surface area (Å²) in [6.45, 7) is 1.88. The summed E-state index contributed by atoms with van der Waals surface area (Å²) in [7, 11) is 0. The summed E-state index contributed by atoms with van der Waals surface area (Å²) in [5, 5.41) is 5.23. The Morgan fingerprint density at radius 2 is 2.17 bits per heavy atom. The fourth-order valence-electron chi connectivity index (χ4n) is 1.93. The van der Waals surface area contributed by atoms with Crippen molar-refractivity contribution in [2.75, 3.05) is 0 Å². The maximum atomic E-state index is 12.3. The van der Waals surface area contributed by atoms with Gasteiger partial charge in [-0.25, -0.2) is 0 Å². The van der Waals surface area contributed by atoms with Crippen molar-refractivity contribution >= 4 is 39.7 Å². The first kappa shape index (κ1) is 11.5. The minimum absolute atomic E-state index is 0.0823. The number of hydrogen-bond donors (Lipinski definition) is 0. The van der Waals surface area contributed by atoms with Gasteiger partial charge in [-0.15, -0.1) is 0 Å². The molecule has 0 fully saturated rings. The second-order valence-electron chi connectivity index (χ2n) is 4.04. The highest BCUT2D eigenvalue weighted by molar-refractivity contribution is 7.08. The van der Waals surface area contributed by atoms with Gasteiger partial charge in [-0.3, -0.25) is 4.79 Å². The molecule has 0 saturated carbocycles. The topological polar surface area (TPSA) is 30.2 Å². The van der Waals surface area contributed by atoms with Crippen LogP contribution < -0.4 is 0 Å². The zero-order valence-electron chi connectivity index (χ0n) is 9.57. The van der Waals surface area contributed by atoms with E-state index in [2.05, 4.69) is 0 Å². The maximum Gasteiger partial charge on any atom is 0.229 e. The fourth-order valence-corrected chi connectivity index (χ4v) is 2.74. The van der Waals surface area contributed by atoms with E-state index >= 15 is 0 Å². The smallest absolute Gasteiger partial charge is 0.229 e. The van der Waals surface area contributed by atoms with Crippen molar-refractivity contribution in [3.05, 3.63) is 56.9 Å². The number of fused-ring (bicyclic) bond motifs is 1. The van der Waals surface area contributed by atoms with Crippen LogP contribution in [0.2, 0.25) is 5.02 Å². The molecule has 18 heavy (non-hydrogen) atoms. The van der Waals surface area contributed by atoms with Crippen molar-refractivity contribution in [1.29, 1.82) is 0 Å². The minimum atomic E-state index is -0.0823. The lowest BCUT2D eigenvalue weighted by molar-refractivity contribution is 0.101. The van der Waals surface area contributed by atoms with Gasteiger partial charge in [-0.2, -0.15) is 11.3 Å². The number of benzene rings is 1. The second-order valence-corrected chi connectivity index (χ2v) is 5.25. The Morgan fingerprint density at radius 1 is 1.33 bits per heavy atom. The van der Waals surface area contributed by atoms with Gasteiger partial charge in [-0.1, -0.05) is 11.6 Å². The minimum Gasteiger partial charge on any atom is -0.452 e. The quantitative estimate of drug-likeness (QED) is 0.636. The molecule has 0 atom stereocenters. The molecule has 90 valence electrons. The lowest BCUT2D eigenvalue weighted by Crippen LogP contribution is -1.99. The molecule has 4 heteroatoms. The summed E-state index contributed by atoms with van der Waals surface area (Å²) < 4.78 is 5.64. The highest BCUT2D eigenvalue weighted by Gasteiger charge is 2.19. The zero-order valence-corrected chi connectivity index (χ0v) is 11.1. The molecule has 0 aliphatic rings. The largest absolute Gasteiger partial charge is 0.452 e. The van der Waals surface area contributed by atoms with Crippen LogP contribution in [0, 0.1) is 6.92 Å². The number of carbonyl (C=O) groups excluding carboxylic acids is 1. The summed E-state index contributed by atoms with van der Waals surface area (Å²) >= 11 is 7.45. The summed E-state index contributed by atoms with van der Waals surface area (Å²) in [4.78, 5) is 12.3. The standard InChI is InChI=1S/C14H9ClO2S/c1-8-11-6-10(15)2-3-12(11)17-14(8)13(16)9-4-5-18-7-9/h2-7H,1H3. The third kappa shape index (κ3) is 1.76. The van der Waals surface area contributed by atoms with E-state index in [1.54, 1.807) is 18.2 Å². The molecular weight excluding hydrogens is 268 g/mol. The van der Waals surface area contributed by atoms with Gasteiger partial charge < -0.3 is 4.42 Å². The third-order valence-corrected chi connectivity index (χ3v) is 3.81. The number of halogens is 1. The Labute approximate surface area is 113 Å². The van der Waals surface area contributed by atoms with Crippen molar-refractivity contribution in [2.45, 2.75) is 6.92 Å². The van der Waals surface area contributed by atoms with Gasteiger partial charge in [0, 0.05) is 26.9 Å². The van der Waals surface area contributed by atoms with Crippen molar-refractivity contribution < 1.29 is 9.21 Å². The molecule has 0 unspecified atom stereocenters. The Balaban J connectivity index is 2.19. The number of thiophene rings is 1. The molecule has 0 radical (unpaired) electrons. The normalized spacial score (nSPS) is 11.0. The van der Waals surface area contributed by atoms with Gasteiger partial charge in [0.2, 0.25) is 5.78 Å². The highest BCUT2D eigenvalue weighted by Crippen LogP contribution is 2.29. The maximum absolute atomic E-state index is 12.3. The van der Waals surface area contributed by atoms with E-state index in [-0.39, 0.29) is 5.78 Å². The second kappa shape index (κ2) is 4.26. The summed E-state index contributed by atoms with van der Waals surface area (Å²) in [6, 6.07) is 7.16. The van der Waals surface area contributed by atoms with Crippen molar-refractivity contribution in [3.8, 4) is 0 Å². The molecule has 0 aliphatic heterocycles. The van der Waals surface area contributed by atoms with Crippen LogP contribution in [0.15, 0.2) is 39.4 Å². The number of hydrogen-bond acceptors (Lipinski definition) is 3. The Kier molecular flexibility index (Phi) is 2.73. The molecule has 0 bridgehead atoms. The van der Waals surface area contributed by atoms with Crippen LogP contribution in [-0.2, 0) is 0 Å². The van der Waals surface area contributed by atoms with Crippen molar-refractivity contribution in [1.82, 2.24) is 0 Å². The molecule has 2 heterocycles. The SMILES string of the molecule is Cc1c(C(=O)c2ccsc2)oc2ccc(Cl)cc12. The predicted molar refractivity (Wildman–Crippen MR) is 73.7 cm³/mol. The van der Waals surface area contributed by atoms with Crippen LogP contribution in [0.5, 0.6) is 0 Å². The predicted octanol–water partition coefficient (Wildman–Crippen LogP) is 4.69. The molecule has 2 nitrogen and oxygen atoms in total. The first-order valence-electron chi connectivity index (χ1n) is 5.42. The molecule has 3 rings (SSSR count). The van der Waals surface area contributed by atoms with Gasteiger partial charge in [0.1, 0.15) is 5.58 Å². The molecule has 0 saturated heterocycles. The lowest BCUT2D eigenvalue weighted by atomic mass is 10.1. The number of ketones is 1. The van der Waals surface area contributed by atoms with E-state index in [9.17, 15) is 4.79 Å². The van der Waals surface area contributed by atoms with E-state index in [1.807, 2.05) is 23.8 Å². The van der Waals surface area contributed by atoms with Crippen LogP contribution in [0.25, 0.3) is 11.0 Å². The van der Waals surface area contributed by atoms with Gasteiger partial charge in [0.25, 0.3) is 0 Å². The van der Waals surface area contributed by atoms with Gasteiger partial charge in [-0.05, 0) is 36.6 Å². The van der Waals surface area contributed by atoms with E-state index < -0.39 is 0 Å². The molecule has 0 amide bonds. The molecule has 0 spiro atoms. The van der Waals surface area contributed by atoms with E-state index in [1.165, 1.54) is 11.3 Å². The molecule has 0 N–H and O–H groups in total. The Morgan fingerprint density at radius 3 is 2.89 bits per heavy atom. The van der Waals surface area contributed by atoms with Crippen LogP contribution >= 0.6 is 22.9 Å². The van der Waals surface area contributed by atoms with Gasteiger partial charge >= 0.3 is 0 Å². The van der Waals surface area contributed by atoms with Crippen molar-refractivity contribution in [3.63, 3.8) is 0 Å². The Hall–Kier alpha value is -1.58. The molecule has 1 aromatic carbocycles. The van der Waals surface area contributed by atoms with Crippen molar-refractivity contribution in [2.24, 2.45) is 0 Å². The summed E-state index contributed by atoms with van der Waals surface area (Å²) in [5.41, 5.74) is 2.19. The molecule has 0 aliphatic carbocycles. The highest BCUT2D eigenvalue weighted by atomic mass is 35.5. The summed E-state index contributed by atoms with van der Waals surface area (Å²) in [6.07, 6.45) is 0. The van der Waals surface area contributed by atoms with E-state index in [0.29, 0.717) is 21.9 Å². The molecule has 3 aromatic rings. The molecule has 2 aromatic heterocycles. The average molecular weight is 277 g/mol. The number of furan rings is 1. The zero-order chi connectivity index (χ0) is 12.7. The first-order valence-corrected chi connectivity index (χ1v) is 6.74. The fraction of sp³-hybridized carbons (Fsp3) is 0.0714. The van der Waals surface area contributed by atoms with Crippen LogP contribution in [0.4, 0.5) is 0 Å². The average Bonchev–Trinajstić information content (AvgIpc) is 2.98.